The normalized spacial score (nSPS) is 16.5. The molecule has 142 valence electrons. The molecule has 0 radical (unpaired) electrons. The van der Waals surface area contributed by atoms with Crippen LogP contribution in [0.25, 0.3) is 22.2 Å². The van der Waals surface area contributed by atoms with E-state index in [1.165, 1.54) is 30.2 Å². The standard InChI is InChI=1S/C23H28N2O2/c1-27-21-11-9-18(10-12-21)23-15-19-7-3-4-8-22(19)25(23)17-20(26)16-24-13-5-2-6-14-24/h3-4,7-12,15,20,26H,2,5-6,13-14,16-17H2,1H3/t20-/m0/s1. The fraction of sp³-hybridized carbons (Fsp3) is 0.391. The number of piperidine rings is 1. The summed E-state index contributed by atoms with van der Waals surface area (Å²) in [7, 11) is 1.68. The first-order valence-corrected chi connectivity index (χ1v) is 9.88. The number of hydrogen-bond acceptors (Lipinski definition) is 3. The van der Waals surface area contributed by atoms with Crippen molar-refractivity contribution in [3.63, 3.8) is 0 Å². The number of fused-ring (bicyclic) bond motifs is 1. The predicted octanol–water partition coefficient (Wildman–Crippen LogP) is 4.16. The Kier molecular flexibility index (Phi) is 5.46. The lowest BCUT2D eigenvalue weighted by atomic mass is 10.1. The maximum atomic E-state index is 10.8. The van der Waals surface area contributed by atoms with Crippen LogP contribution in [0.3, 0.4) is 0 Å². The van der Waals surface area contributed by atoms with Crippen LogP contribution in [0.4, 0.5) is 0 Å². The van der Waals surface area contributed by atoms with Gasteiger partial charge in [-0.3, -0.25) is 0 Å². The minimum absolute atomic E-state index is 0.379. The second-order valence-corrected chi connectivity index (χ2v) is 7.44. The van der Waals surface area contributed by atoms with Gasteiger partial charge in [-0.1, -0.05) is 24.6 Å². The first-order valence-electron chi connectivity index (χ1n) is 9.88. The van der Waals surface area contributed by atoms with E-state index >= 15 is 0 Å². The third kappa shape index (κ3) is 4.02. The molecule has 1 aliphatic heterocycles. The van der Waals surface area contributed by atoms with Crippen LogP contribution in [0.15, 0.2) is 54.6 Å². The first-order chi connectivity index (χ1) is 13.2. The van der Waals surface area contributed by atoms with E-state index in [9.17, 15) is 5.11 Å². The summed E-state index contributed by atoms with van der Waals surface area (Å²) in [5, 5.41) is 12.0. The molecule has 2 aromatic carbocycles. The number of aromatic nitrogens is 1. The summed E-state index contributed by atoms with van der Waals surface area (Å²) in [6.07, 6.45) is 3.43. The molecule has 4 rings (SSSR count). The molecule has 1 atom stereocenters. The number of hydrogen-bond donors (Lipinski definition) is 1. The van der Waals surface area contributed by atoms with Gasteiger partial charge in [0, 0.05) is 23.1 Å². The largest absolute Gasteiger partial charge is 0.497 e. The van der Waals surface area contributed by atoms with E-state index < -0.39 is 0 Å². The van der Waals surface area contributed by atoms with Crippen LogP contribution in [0.1, 0.15) is 19.3 Å². The molecule has 1 aromatic heterocycles. The fourth-order valence-electron chi connectivity index (χ4n) is 4.12. The molecule has 3 aromatic rings. The smallest absolute Gasteiger partial charge is 0.118 e. The molecule has 1 fully saturated rings. The van der Waals surface area contributed by atoms with Crippen LogP contribution in [0.5, 0.6) is 5.75 Å². The van der Waals surface area contributed by atoms with Gasteiger partial charge in [0.25, 0.3) is 0 Å². The minimum Gasteiger partial charge on any atom is -0.497 e. The maximum Gasteiger partial charge on any atom is 0.118 e. The van der Waals surface area contributed by atoms with Gasteiger partial charge in [0.15, 0.2) is 0 Å². The summed E-state index contributed by atoms with van der Waals surface area (Å²) in [5.74, 6) is 0.853. The average molecular weight is 364 g/mol. The zero-order chi connectivity index (χ0) is 18.6. The summed E-state index contributed by atoms with van der Waals surface area (Å²) < 4.78 is 7.55. The topological polar surface area (TPSA) is 37.6 Å². The summed E-state index contributed by atoms with van der Waals surface area (Å²) in [4.78, 5) is 2.40. The number of para-hydroxylation sites is 1. The molecule has 0 aliphatic carbocycles. The van der Waals surface area contributed by atoms with Crippen LogP contribution in [0, 0.1) is 0 Å². The molecular formula is C23H28N2O2. The highest BCUT2D eigenvalue weighted by atomic mass is 16.5. The van der Waals surface area contributed by atoms with Crippen molar-refractivity contribution in [2.24, 2.45) is 0 Å². The predicted molar refractivity (Wildman–Crippen MR) is 110 cm³/mol. The number of aliphatic hydroxyl groups excluding tert-OH is 1. The Bertz CT molecular complexity index is 879. The highest BCUT2D eigenvalue weighted by molar-refractivity contribution is 5.87. The summed E-state index contributed by atoms with van der Waals surface area (Å²) in [6, 6.07) is 18.8. The van der Waals surface area contributed by atoms with Crippen LogP contribution < -0.4 is 4.74 Å². The summed E-state index contributed by atoms with van der Waals surface area (Å²) in [5.41, 5.74) is 3.44. The highest BCUT2D eigenvalue weighted by Crippen LogP contribution is 2.30. The Morgan fingerprint density at radius 1 is 0.963 bits per heavy atom. The zero-order valence-electron chi connectivity index (χ0n) is 16.0. The number of benzene rings is 2. The fourth-order valence-corrected chi connectivity index (χ4v) is 4.12. The van der Waals surface area contributed by atoms with E-state index in [-0.39, 0.29) is 6.10 Å². The Morgan fingerprint density at radius 3 is 2.44 bits per heavy atom. The number of aliphatic hydroxyl groups is 1. The molecule has 1 saturated heterocycles. The van der Waals surface area contributed by atoms with E-state index in [4.69, 9.17) is 4.74 Å². The minimum atomic E-state index is -0.379. The summed E-state index contributed by atoms with van der Waals surface area (Å²) >= 11 is 0. The molecule has 4 nitrogen and oxygen atoms in total. The molecule has 0 saturated carbocycles. The van der Waals surface area contributed by atoms with Crippen molar-refractivity contribution in [1.82, 2.24) is 9.47 Å². The lowest BCUT2D eigenvalue weighted by Crippen LogP contribution is -2.38. The maximum absolute atomic E-state index is 10.8. The SMILES string of the molecule is COc1ccc(-c2cc3ccccc3n2C[C@@H](O)CN2CCCCC2)cc1. The van der Waals surface area contributed by atoms with E-state index in [0.717, 1.165) is 36.6 Å². The van der Waals surface area contributed by atoms with Crippen molar-refractivity contribution < 1.29 is 9.84 Å². The van der Waals surface area contributed by atoms with Crippen molar-refractivity contribution in [2.75, 3.05) is 26.7 Å². The van der Waals surface area contributed by atoms with Gasteiger partial charge in [0.2, 0.25) is 0 Å². The van der Waals surface area contributed by atoms with E-state index in [1.807, 2.05) is 12.1 Å². The number of rotatable bonds is 6. The van der Waals surface area contributed by atoms with Gasteiger partial charge >= 0.3 is 0 Å². The van der Waals surface area contributed by atoms with E-state index in [0.29, 0.717) is 6.54 Å². The lowest BCUT2D eigenvalue weighted by molar-refractivity contribution is 0.0896. The quantitative estimate of drug-likeness (QED) is 0.713. The molecule has 0 amide bonds. The van der Waals surface area contributed by atoms with Crippen molar-refractivity contribution in [3.05, 3.63) is 54.6 Å². The van der Waals surface area contributed by atoms with Gasteiger partial charge in [0.1, 0.15) is 5.75 Å². The molecule has 4 heteroatoms. The number of ether oxygens (including phenoxy) is 1. The molecule has 2 heterocycles. The van der Waals surface area contributed by atoms with Gasteiger partial charge in [-0.25, -0.2) is 0 Å². The van der Waals surface area contributed by atoms with Gasteiger partial charge < -0.3 is 19.3 Å². The van der Waals surface area contributed by atoms with Gasteiger partial charge in [-0.05, 0) is 67.9 Å². The van der Waals surface area contributed by atoms with Gasteiger partial charge in [0.05, 0.1) is 19.8 Å². The van der Waals surface area contributed by atoms with Crippen LogP contribution in [-0.2, 0) is 6.54 Å². The molecule has 0 bridgehead atoms. The zero-order valence-corrected chi connectivity index (χ0v) is 16.0. The third-order valence-electron chi connectivity index (χ3n) is 5.51. The first kappa shape index (κ1) is 18.1. The Morgan fingerprint density at radius 2 is 1.70 bits per heavy atom. The summed E-state index contributed by atoms with van der Waals surface area (Å²) in [6.45, 7) is 3.56. The molecule has 27 heavy (non-hydrogen) atoms. The average Bonchev–Trinajstić information content (AvgIpc) is 3.07. The second kappa shape index (κ2) is 8.15. The molecule has 0 unspecified atom stereocenters. The van der Waals surface area contributed by atoms with Crippen LogP contribution in [0.2, 0.25) is 0 Å². The van der Waals surface area contributed by atoms with Gasteiger partial charge in [-0.2, -0.15) is 0 Å². The second-order valence-electron chi connectivity index (χ2n) is 7.44. The van der Waals surface area contributed by atoms with Crippen LogP contribution in [-0.4, -0.2) is 47.4 Å². The van der Waals surface area contributed by atoms with Crippen LogP contribution >= 0.6 is 0 Å². The Hall–Kier alpha value is -2.30. The Balaban J connectivity index is 1.63. The third-order valence-corrected chi connectivity index (χ3v) is 5.51. The number of β-amino-alcohol motifs (C(OH)–C–C–N with tert-alkyl or cyclic N) is 1. The monoisotopic (exact) mass is 364 g/mol. The Labute approximate surface area is 161 Å². The molecule has 0 spiro atoms. The van der Waals surface area contributed by atoms with Crippen molar-refractivity contribution in [2.45, 2.75) is 31.9 Å². The van der Waals surface area contributed by atoms with Crippen molar-refractivity contribution in [3.8, 4) is 17.0 Å². The molecule has 1 N–H and O–H groups in total. The molecular weight excluding hydrogens is 336 g/mol. The number of nitrogens with zero attached hydrogens (tertiary/aromatic N) is 2. The van der Waals surface area contributed by atoms with Crippen molar-refractivity contribution >= 4 is 10.9 Å². The van der Waals surface area contributed by atoms with Gasteiger partial charge in [-0.15, -0.1) is 0 Å². The highest BCUT2D eigenvalue weighted by Gasteiger charge is 2.18. The van der Waals surface area contributed by atoms with Crippen molar-refractivity contribution in [1.29, 1.82) is 0 Å². The number of methoxy groups -OCH3 is 1. The molecule has 1 aliphatic rings. The van der Waals surface area contributed by atoms with E-state index in [1.54, 1.807) is 7.11 Å². The lowest BCUT2D eigenvalue weighted by Gasteiger charge is -2.29. The number of likely N-dealkylation sites (tertiary alicyclic amines) is 1. The van der Waals surface area contributed by atoms with E-state index in [2.05, 4.69) is 51.9 Å².